The molecule has 27 heavy (non-hydrogen) atoms. The minimum atomic E-state index is -0.396. The van der Waals surface area contributed by atoms with Crippen LogP contribution in [-0.2, 0) is 11.2 Å². The van der Waals surface area contributed by atoms with Crippen LogP contribution < -0.4 is 0 Å². The summed E-state index contributed by atoms with van der Waals surface area (Å²) in [6, 6.07) is 7.59. The summed E-state index contributed by atoms with van der Waals surface area (Å²) in [5.41, 5.74) is 1.49. The van der Waals surface area contributed by atoms with Gasteiger partial charge in [0, 0.05) is 25.5 Å². The van der Waals surface area contributed by atoms with Gasteiger partial charge in [-0.25, -0.2) is 9.97 Å². The fourth-order valence-electron chi connectivity index (χ4n) is 4.63. The first-order chi connectivity index (χ1) is 13.2. The number of para-hydroxylation sites is 2. The third kappa shape index (κ3) is 3.02. The van der Waals surface area contributed by atoms with Crippen molar-refractivity contribution in [2.75, 3.05) is 13.1 Å². The highest BCUT2D eigenvalue weighted by molar-refractivity contribution is 5.79. The van der Waals surface area contributed by atoms with E-state index in [1.807, 2.05) is 39.9 Å². The number of carbonyl (C=O) groups is 1. The fraction of sp³-hybridized carbons (Fsp3) is 0.450. The maximum absolute atomic E-state index is 12.8. The summed E-state index contributed by atoms with van der Waals surface area (Å²) < 4.78 is 7.68. The molecular weight excluding hydrogens is 344 g/mol. The van der Waals surface area contributed by atoms with Crippen molar-refractivity contribution in [3.8, 4) is 0 Å². The minimum Gasteiger partial charge on any atom is -0.440 e. The molecule has 4 atom stereocenters. The number of aromatic nitrogens is 3. The van der Waals surface area contributed by atoms with E-state index in [0.717, 1.165) is 24.9 Å². The summed E-state index contributed by atoms with van der Waals surface area (Å²) in [6.07, 6.45) is 6.78. The van der Waals surface area contributed by atoms with E-state index in [0.29, 0.717) is 29.9 Å². The van der Waals surface area contributed by atoms with Crippen LogP contribution in [0, 0.1) is 11.8 Å². The Labute approximate surface area is 156 Å². The number of hydrogen-bond donors (Lipinski definition) is 1. The second kappa shape index (κ2) is 6.49. The predicted molar refractivity (Wildman–Crippen MR) is 97.8 cm³/mol. The number of oxazole rings is 1. The maximum atomic E-state index is 12.8. The summed E-state index contributed by atoms with van der Waals surface area (Å²) in [4.78, 5) is 23.2. The molecule has 3 aromatic rings. The summed E-state index contributed by atoms with van der Waals surface area (Å²) in [5, 5.41) is 10.6. The van der Waals surface area contributed by atoms with Crippen molar-refractivity contribution in [3.05, 3.63) is 48.9 Å². The molecule has 1 N–H and O–H groups in total. The first-order valence-corrected chi connectivity index (χ1v) is 9.45. The monoisotopic (exact) mass is 366 g/mol. The van der Waals surface area contributed by atoms with Crippen molar-refractivity contribution >= 4 is 17.0 Å². The molecule has 3 heterocycles. The molecule has 7 heteroatoms. The average Bonchev–Trinajstić information content (AvgIpc) is 3.39. The Hall–Kier alpha value is -2.67. The van der Waals surface area contributed by atoms with E-state index in [1.54, 1.807) is 12.5 Å². The Kier molecular flexibility index (Phi) is 3.97. The van der Waals surface area contributed by atoms with E-state index in [2.05, 4.69) is 9.97 Å². The average molecular weight is 366 g/mol. The van der Waals surface area contributed by atoms with Crippen molar-refractivity contribution in [3.63, 3.8) is 0 Å². The highest BCUT2D eigenvalue weighted by Gasteiger charge is 2.43. The molecule has 1 aromatic carbocycles. The molecule has 0 radical (unpaired) electrons. The van der Waals surface area contributed by atoms with Gasteiger partial charge >= 0.3 is 0 Å². The Morgan fingerprint density at radius 3 is 2.81 bits per heavy atom. The minimum absolute atomic E-state index is 0.0424. The number of nitrogens with zero attached hydrogens (tertiary/aromatic N) is 4. The van der Waals surface area contributed by atoms with Gasteiger partial charge in [-0.05, 0) is 36.8 Å². The van der Waals surface area contributed by atoms with Crippen LogP contribution >= 0.6 is 0 Å². The van der Waals surface area contributed by atoms with E-state index in [1.165, 1.54) is 0 Å². The Balaban J connectivity index is 1.26. The third-order valence-electron chi connectivity index (χ3n) is 6.01. The zero-order valence-electron chi connectivity index (χ0n) is 14.9. The fourth-order valence-corrected chi connectivity index (χ4v) is 4.63. The standard InChI is InChI=1S/C20H22N4O3/c25-17-8-14-11-24(10-13(14)7-16(17)23-6-5-21-12-23)20(26)9-19-22-15-3-1-2-4-18(15)27-19/h1-6,12-14,16-17,25H,7-11H2/t13-,14+,16-,17-/m1/s1. The van der Waals surface area contributed by atoms with Gasteiger partial charge in [-0.15, -0.1) is 0 Å². The number of rotatable bonds is 3. The molecule has 1 saturated carbocycles. The highest BCUT2D eigenvalue weighted by Crippen LogP contribution is 2.41. The summed E-state index contributed by atoms with van der Waals surface area (Å²) in [7, 11) is 0. The number of fused-ring (bicyclic) bond motifs is 2. The SMILES string of the molecule is O=C(Cc1nc2ccccc2o1)N1C[C@H]2C[C@@H](n3ccnc3)[C@H](O)C[C@H]2C1. The Bertz CT molecular complexity index is 918. The molecule has 0 spiro atoms. The van der Waals surface area contributed by atoms with Crippen LogP contribution in [0.15, 0.2) is 47.4 Å². The number of benzene rings is 1. The van der Waals surface area contributed by atoms with E-state index in [9.17, 15) is 9.90 Å². The molecule has 1 aliphatic heterocycles. The van der Waals surface area contributed by atoms with Gasteiger partial charge in [0.25, 0.3) is 0 Å². The number of aliphatic hydroxyl groups excluding tert-OH is 1. The number of likely N-dealkylation sites (tertiary alicyclic amines) is 1. The van der Waals surface area contributed by atoms with E-state index >= 15 is 0 Å². The number of carbonyl (C=O) groups excluding carboxylic acids is 1. The van der Waals surface area contributed by atoms with Crippen LogP contribution in [-0.4, -0.2) is 49.6 Å². The van der Waals surface area contributed by atoms with E-state index in [-0.39, 0.29) is 18.4 Å². The Morgan fingerprint density at radius 1 is 1.22 bits per heavy atom. The lowest BCUT2D eigenvalue weighted by molar-refractivity contribution is -0.130. The van der Waals surface area contributed by atoms with Crippen LogP contribution in [0.4, 0.5) is 0 Å². The maximum Gasteiger partial charge on any atom is 0.231 e. The lowest BCUT2D eigenvalue weighted by atomic mass is 9.77. The molecule has 1 aliphatic carbocycles. The van der Waals surface area contributed by atoms with E-state index in [4.69, 9.17) is 4.42 Å². The van der Waals surface area contributed by atoms with Gasteiger partial charge in [0.2, 0.25) is 11.8 Å². The molecule has 1 saturated heterocycles. The second-order valence-electron chi connectivity index (χ2n) is 7.69. The molecule has 5 rings (SSSR count). The van der Waals surface area contributed by atoms with Crippen LogP contribution in [0.3, 0.4) is 0 Å². The van der Waals surface area contributed by atoms with Crippen molar-refractivity contribution in [2.45, 2.75) is 31.4 Å². The van der Waals surface area contributed by atoms with Crippen molar-refractivity contribution < 1.29 is 14.3 Å². The van der Waals surface area contributed by atoms with Crippen LogP contribution in [0.25, 0.3) is 11.1 Å². The smallest absolute Gasteiger partial charge is 0.231 e. The van der Waals surface area contributed by atoms with Crippen LogP contribution in [0.2, 0.25) is 0 Å². The molecule has 2 fully saturated rings. The zero-order chi connectivity index (χ0) is 18.4. The van der Waals surface area contributed by atoms with Crippen molar-refractivity contribution in [1.82, 2.24) is 19.4 Å². The highest BCUT2D eigenvalue weighted by atomic mass is 16.3. The largest absolute Gasteiger partial charge is 0.440 e. The van der Waals surface area contributed by atoms with Crippen molar-refractivity contribution in [2.24, 2.45) is 11.8 Å². The lowest BCUT2D eigenvalue weighted by Crippen LogP contribution is -2.35. The molecule has 7 nitrogen and oxygen atoms in total. The normalized spacial score (nSPS) is 27.8. The molecule has 1 amide bonds. The number of imidazole rings is 1. The van der Waals surface area contributed by atoms with Gasteiger partial charge in [0.05, 0.1) is 18.5 Å². The molecule has 140 valence electrons. The summed E-state index contributed by atoms with van der Waals surface area (Å²) in [6.45, 7) is 1.44. The summed E-state index contributed by atoms with van der Waals surface area (Å²) >= 11 is 0. The summed E-state index contributed by atoms with van der Waals surface area (Å²) in [5.74, 6) is 1.28. The first-order valence-electron chi connectivity index (χ1n) is 9.45. The van der Waals surface area contributed by atoms with Gasteiger partial charge in [-0.1, -0.05) is 12.1 Å². The number of hydrogen-bond acceptors (Lipinski definition) is 5. The van der Waals surface area contributed by atoms with Crippen LogP contribution in [0.5, 0.6) is 0 Å². The van der Waals surface area contributed by atoms with Gasteiger partial charge in [0.1, 0.15) is 11.9 Å². The van der Waals surface area contributed by atoms with Crippen molar-refractivity contribution in [1.29, 1.82) is 0 Å². The van der Waals surface area contributed by atoms with Gasteiger partial charge in [-0.2, -0.15) is 0 Å². The number of aliphatic hydroxyl groups is 1. The molecule has 0 unspecified atom stereocenters. The second-order valence-corrected chi connectivity index (χ2v) is 7.69. The third-order valence-corrected chi connectivity index (χ3v) is 6.01. The zero-order valence-corrected chi connectivity index (χ0v) is 14.9. The lowest BCUT2D eigenvalue weighted by Gasteiger charge is -2.35. The van der Waals surface area contributed by atoms with Crippen LogP contribution in [0.1, 0.15) is 24.8 Å². The van der Waals surface area contributed by atoms with Gasteiger partial charge in [0.15, 0.2) is 5.58 Å². The topological polar surface area (TPSA) is 84.4 Å². The molecule has 2 aromatic heterocycles. The van der Waals surface area contributed by atoms with Gasteiger partial charge in [-0.3, -0.25) is 4.79 Å². The first kappa shape index (κ1) is 16.5. The molecular formula is C20H22N4O3. The van der Waals surface area contributed by atoms with E-state index < -0.39 is 6.10 Å². The molecule has 0 bridgehead atoms. The predicted octanol–water partition coefficient (Wildman–Crippen LogP) is 2.04. The molecule has 2 aliphatic rings. The Morgan fingerprint density at radius 2 is 2.04 bits per heavy atom. The quantitative estimate of drug-likeness (QED) is 0.767. The van der Waals surface area contributed by atoms with Gasteiger partial charge < -0.3 is 19.0 Å². The number of amides is 1.